The van der Waals surface area contributed by atoms with Crippen molar-refractivity contribution in [3.05, 3.63) is 0 Å². The lowest BCUT2D eigenvalue weighted by Gasteiger charge is -2.31. The van der Waals surface area contributed by atoms with E-state index in [1.807, 2.05) is 0 Å². The predicted octanol–water partition coefficient (Wildman–Crippen LogP) is 8.23. The molecule has 0 unspecified atom stereocenters. The zero-order valence-electron chi connectivity index (χ0n) is 19.1. The molecule has 28 heavy (non-hydrogen) atoms. The number of hydrogen-bond donors (Lipinski definition) is 0. The van der Waals surface area contributed by atoms with Crippen LogP contribution in [0.3, 0.4) is 0 Å². The number of unbranched alkanes of at least 4 members (excludes halogenated alkanes) is 7. The van der Waals surface area contributed by atoms with E-state index in [2.05, 4.69) is 13.8 Å². The van der Waals surface area contributed by atoms with Crippen molar-refractivity contribution in [2.24, 2.45) is 17.8 Å². The van der Waals surface area contributed by atoms with Crippen LogP contribution >= 0.6 is 0 Å². The number of carbonyl (C=O) groups excluding carboxylic acids is 1. The predicted molar refractivity (Wildman–Crippen MR) is 119 cm³/mol. The third kappa shape index (κ3) is 9.31. The molecule has 0 bridgehead atoms. The smallest absolute Gasteiger partial charge is 0.309 e. The summed E-state index contributed by atoms with van der Waals surface area (Å²) < 4.78 is 5.95. The maximum atomic E-state index is 12.6. The number of carbonyl (C=O) groups is 1. The van der Waals surface area contributed by atoms with E-state index in [1.165, 1.54) is 96.3 Å². The number of hydrogen-bond acceptors (Lipinski definition) is 2. The first-order chi connectivity index (χ1) is 13.7. The number of ether oxygens (including phenoxy) is 1. The lowest BCUT2D eigenvalue weighted by molar-refractivity contribution is -0.157. The van der Waals surface area contributed by atoms with Gasteiger partial charge in [0, 0.05) is 0 Å². The van der Waals surface area contributed by atoms with Crippen molar-refractivity contribution in [2.45, 2.75) is 142 Å². The number of rotatable bonds is 13. The molecule has 2 rings (SSSR count). The van der Waals surface area contributed by atoms with Gasteiger partial charge in [0.15, 0.2) is 0 Å². The summed E-state index contributed by atoms with van der Waals surface area (Å²) in [6, 6.07) is 0. The normalized spacial score (nSPS) is 28.2. The standard InChI is InChI=1S/C26H48O2/c1-3-5-7-9-11-13-23-16-20-25(21-17-23)28-26(27)24-18-14-22(15-19-24)12-10-8-6-4-2/h22-25H,3-21H2,1-2H3. The molecule has 0 saturated heterocycles. The van der Waals surface area contributed by atoms with Gasteiger partial charge in [0.25, 0.3) is 0 Å². The zero-order valence-corrected chi connectivity index (χ0v) is 19.1. The third-order valence-electron chi connectivity index (χ3n) is 7.44. The van der Waals surface area contributed by atoms with Crippen LogP contribution in [0.1, 0.15) is 136 Å². The summed E-state index contributed by atoms with van der Waals surface area (Å²) in [7, 11) is 0. The Morgan fingerprint density at radius 3 is 1.64 bits per heavy atom. The maximum Gasteiger partial charge on any atom is 0.309 e. The second-order valence-electron chi connectivity index (χ2n) is 9.85. The molecule has 0 aromatic rings. The fourth-order valence-corrected chi connectivity index (χ4v) is 5.38. The van der Waals surface area contributed by atoms with Crippen LogP contribution in [0.2, 0.25) is 0 Å². The molecular formula is C26H48O2. The van der Waals surface area contributed by atoms with Gasteiger partial charge in [-0.1, -0.05) is 84.5 Å². The summed E-state index contributed by atoms with van der Waals surface area (Å²) in [4.78, 5) is 12.6. The molecule has 0 aromatic carbocycles. The highest BCUT2D eigenvalue weighted by atomic mass is 16.5. The van der Waals surface area contributed by atoms with Crippen LogP contribution in [0.15, 0.2) is 0 Å². The van der Waals surface area contributed by atoms with Gasteiger partial charge in [-0.25, -0.2) is 0 Å². The van der Waals surface area contributed by atoms with Gasteiger partial charge in [0.05, 0.1) is 5.92 Å². The van der Waals surface area contributed by atoms with Crippen LogP contribution < -0.4 is 0 Å². The monoisotopic (exact) mass is 392 g/mol. The molecule has 0 aromatic heterocycles. The molecule has 0 aliphatic heterocycles. The van der Waals surface area contributed by atoms with Crippen molar-refractivity contribution in [2.75, 3.05) is 0 Å². The lowest BCUT2D eigenvalue weighted by atomic mass is 9.79. The first-order valence-corrected chi connectivity index (χ1v) is 12.9. The Morgan fingerprint density at radius 2 is 1.11 bits per heavy atom. The average molecular weight is 393 g/mol. The molecule has 2 nitrogen and oxygen atoms in total. The minimum absolute atomic E-state index is 0.132. The summed E-state index contributed by atoms with van der Waals surface area (Å²) in [6.07, 6.45) is 24.8. The van der Waals surface area contributed by atoms with Crippen LogP contribution in [-0.2, 0) is 9.53 Å². The minimum Gasteiger partial charge on any atom is -0.462 e. The van der Waals surface area contributed by atoms with Crippen molar-refractivity contribution in [3.63, 3.8) is 0 Å². The van der Waals surface area contributed by atoms with E-state index in [0.29, 0.717) is 0 Å². The van der Waals surface area contributed by atoms with E-state index in [-0.39, 0.29) is 18.0 Å². The van der Waals surface area contributed by atoms with Crippen molar-refractivity contribution in [1.29, 1.82) is 0 Å². The van der Waals surface area contributed by atoms with E-state index in [9.17, 15) is 4.79 Å². The number of esters is 1. The Balaban J connectivity index is 1.53. The Labute approximate surface area is 175 Å². The summed E-state index contributed by atoms with van der Waals surface area (Å²) in [6.45, 7) is 4.56. The van der Waals surface area contributed by atoms with Crippen molar-refractivity contribution in [1.82, 2.24) is 0 Å². The SMILES string of the molecule is CCCCCCCC1CCC(OC(=O)C2CCC(CCCCCC)CC2)CC1. The average Bonchev–Trinajstić information content (AvgIpc) is 2.73. The molecule has 0 N–H and O–H groups in total. The highest BCUT2D eigenvalue weighted by Crippen LogP contribution is 2.35. The fraction of sp³-hybridized carbons (Fsp3) is 0.962. The van der Waals surface area contributed by atoms with Gasteiger partial charge >= 0.3 is 5.97 Å². The zero-order chi connectivity index (χ0) is 20.0. The van der Waals surface area contributed by atoms with E-state index in [0.717, 1.165) is 37.5 Å². The van der Waals surface area contributed by atoms with Crippen LogP contribution in [0.25, 0.3) is 0 Å². The molecule has 0 spiro atoms. The molecule has 2 saturated carbocycles. The summed E-state index contributed by atoms with van der Waals surface area (Å²) in [5.74, 6) is 2.09. The van der Waals surface area contributed by atoms with Crippen molar-refractivity contribution in [3.8, 4) is 0 Å². The molecule has 164 valence electrons. The second kappa shape index (κ2) is 14.5. The minimum atomic E-state index is 0.132. The first-order valence-electron chi connectivity index (χ1n) is 12.9. The van der Waals surface area contributed by atoms with Crippen LogP contribution in [0, 0.1) is 17.8 Å². The Bertz CT molecular complexity index is 389. The van der Waals surface area contributed by atoms with Gasteiger partial charge in [-0.2, -0.15) is 0 Å². The van der Waals surface area contributed by atoms with Crippen LogP contribution in [0.5, 0.6) is 0 Å². The lowest BCUT2D eigenvalue weighted by Crippen LogP contribution is -2.30. The van der Waals surface area contributed by atoms with Crippen LogP contribution in [-0.4, -0.2) is 12.1 Å². The molecular weight excluding hydrogens is 344 g/mol. The molecule has 2 heteroatoms. The molecule has 0 atom stereocenters. The van der Waals surface area contributed by atoms with Crippen LogP contribution in [0.4, 0.5) is 0 Å². The van der Waals surface area contributed by atoms with E-state index < -0.39 is 0 Å². The van der Waals surface area contributed by atoms with Gasteiger partial charge in [0.2, 0.25) is 0 Å². The quantitative estimate of drug-likeness (QED) is 0.233. The maximum absolute atomic E-state index is 12.6. The second-order valence-corrected chi connectivity index (χ2v) is 9.85. The fourth-order valence-electron chi connectivity index (χ4n) is 5.38. The highest BCUT2D eigenvalue weighted by Gasteiger charge is 2.30. The highest BCUT2D eigenvalue weighted by molar-refractivity contribution is 5.72. The van der Waals surface area contributed by atoms with Crippen molar-refractivity contribution >= 4 is 5.97 Å². The molecule has 2 aliphatic carbocycles. The molecule has 2 fully saturated rings. The van der Waals surface area contributed by atoms with E-state index in [4.69, 9.17) is 4.74 Å². The first kappa shape index (κ1) is 23.7. The van der Waals surface area contributed by atoms with Gasteiger partial charge in [-0.05, 0) is 63.2 Å². The van der Waals surface area contributed by atoms with E-state index in [1.54, 1.807) is 0 Å². The van der Waals surface area contributed by atoms with Gasteiger partial charge in [-0.15, -0.1) is 0 Å². The summed E-state index contributed by atoms with van der Waals surface area (Å²) in [5.41, 5.74) is 0. The van der Waals surface area contributed by atoms with Gasteiger partial charge in [0.1, 0.15) is 6.10 Å². The Morgan fingerprint density at radius 1 is 0.643 bits per heavy atom. The Hall–Kier alpha value is -0.530. The molecule has 2 aliphatic rings. The third-order valence-corrected chi connectivity index (χ3v) is 7.44. The largest absolute Gasteiger partial charge is 0.462 e. The summed E-state index contributed by atoms with van der Waals surface area (Å²) in [5, 5.41) is 0. The molecule has 0 amide bonds. The Kier molecular flexibility index (Phi) is 12.3. The molecule has 0 radical (unpaired) electrons. The van der Waals surface area contributed by atoms with Gasteiger partial charge in [-0.3, -0.25) is 4.79 Å². The summed E-state index contributed by atoms with van der Waals surface area (Å²) >= 11 is 0. The van der Waals surface area contributed by atoms with E-state index >= 15 is 0 Å². The topological polar surface area (TPSA) is 26.3 Å². The van der Waals surface area contributed by atoms with Gasteiger partial charge < -0.3 is 4.74 Å². The molecule has 0 heterocycles. The van der Waals surface area contributed by atoms with Crippen molar-refractivity contribution < 1.29 is 9.53 Å².